The highest BCUT2D eigenvalue weighted by Crippen LogP contribution is 2.26. The van der Waals surface area contributed by atoms with Crippen LogP contribution in [0.3, 0.4) is 0 Å². The predicted molar refractivity (Wildman–Crippen MR) is 64.9 cm³/mol. The van der Waals surface area contributed by atoms with Crippen LogP contribution in [0.4, 0.5) is 0 Å². The average Bonchev–Trinajstić information content (AvgIpc) is 2.30. The largest absolute Gasteiger partial charge is 0.507 e. The fourth-order valence-electron chi connectivity index (χ4n) is 1.45. The number of fused-ring (bicyclic) bond motifs is 1. The number of rotatable bonds is 0. The first-order chi connectivity index (χ1) is 7.49. The van der Waals surface area contributed by atoms with E-state index < -0.39 is 11.0 Å². The molecule has 0 unspecified atom stereocenters. The Bertz CT molecular complexity index is 691. The van der Waals surface area contributed by atoms with Gasteiger partial charge >= 0.3 is 0 Å². The van der Waals surface area contributed by atoms with E-state index in [1.165, 1.54) is 0 Å². The van der Waals surface area contributed by atoms with Crippen LogP contribution < -0.4 is 11.0 Å². The summed E-state index contributed by atoms with van der Waals surface area (Å²) in [5, 5.41) is 10.1. The van der Waals surface area contributed by atoms with Crippen molar-refractivity contribution in [3.63, 3.8) is 0 Å². The van der Waals surface area contributed by atoms with Gasteiger partial charge in [0, 0.05) is 15.9 Å². The predicted octanol–water partition coefficient (Wildman–Crippen LogP) is 1.66. The quantitative estimate of drug-likeness (QED) is 0.722. The Morgan fingerprint density at radius 2 is 1.94 bits per heavy atom. The fourth-order valence-corrected chi connectivity index (χ4v) is 1.79. The Hall–Kier alpha value is -1.62. The highest BCUT2D eigenvalue weighted by atomic mass is 79.9. The van der Waals surface area contributed by atoms with Gasteiger partial charge in [0.2, 0.25) is 5.43 Å². The minimum Gasteiger partial charge on any atom is -0.507 e. The zero-order valence-electron chi connectivity index (χ0n) is 8.37. The van der Waals surface area contributed by atoms with Crippen molar-refractivity contribution in [3.05, 3.63) is 48.8 Å². The summed E-state index contributed by atoms with van der Waals surface area (Å²) in [6.45, 7) is 1.85. The van der Waals surface area contributed by atoms with Crippen LogP contribution in [-0.2, 0) is 0 Å². The lowest BCUT2D eigenvalue weighted by Gasteiger charge is -2.00. The highest BCUT2D eigenvalue weighted by molar-refractivity contribution is 9.10. The molecular weight excluding hydrogens is 274 g/mol. The summed E-state index contributed by atoms with van der Waals surface area (Å²) in [6.07, 6.45) is 0. The molecule has 1 heterocycles. The fraction of sp³-hybridized carbons (Fsp3) is 0.0909. The van der Waals surface area contributed by atoms with E-state index in [2.05, 4.69) is 20.9 Å². The number of H-pyrrole nitrogens is 1. The smallest absolute Gasteiger partial charge is 0.296 e. The Labute approximate surface area is 98.7 Å². The van der Waals surface area contributed by atoms with Crippen molar-refractivity contribution in [3.8, 4) is 5.75 Å². The molecule has 2 rings (SSSR count). The summed E-state index contributed by atoms with van der Waals surface area (Å²) >= 11 is 3.32. The third-order valence-electron chi connectivity index (χ3n) is 2.31. The summed E-state index contributed by atoms with van der Waals surface area (Å²) in [5.41, 5.74) is -0.187. The Morgan fingerprint density at radius 1 is 1.25 bits per heavy atom. The van der Waals surface area contributed by atoms with Gasteiger partial charge in [-0.05, 0) is 24.6 Å². The molecule has 2 aromatic rings. The number of aromatic nitrogens is 1. The third-order valence-corrected chi connectivity index (χ3v) is 3.17. The van der Waals surface area contributed by atoms with Gasteiger partial charge in [-0.15, -0.1) is 0 Å². The van der Waals surface area contributed by atoms with Gasteiger partial charge in [0.1, 0.15) is 5.75 Å². The van der Waals surface area contributed by atoms with Crippen molar-refractivity contribution in [2.45, 2.75) is 6.92 Å². The zero-order chi connectivity index (χ0) is 11.9. The van der Waals surface area contributed by atoms with Crippen LogP contribution in [0, 0.1) is 6.92 Å². The van der Waals surface area contributed by atoms with Gasteiger partial charge in [-0.1, -0.05) is 15.9 Å². The maximum atomic E-state index is 11.3. The molecule has 1 aromatic heterocycles. The third kappa shape index (κ3) is 1.74. The van der Waals surface area contributed by atoms with E-state index in [1.807, 2.05) is 6.92 Å². The Balaban J connectivity index is 3.10. The van der Waals surface area contributed by atoms with Crippen molar-refractivity contribution >= 4 is 26.8 Å². The SMILES string of the molecule is Cc1cc2c(O)cc(=O)c(=O)[nH]c2cc1Br. The van der Waals surface area contributed by atoms with Crippen LogP contribution in [0.15, 0.2) is 32.3 Å². The molecule has 4 nitrogen and oxygen atoms in total. The first kappa shape index (κ1) is 10.9. The standard InChI is InChI=1S/C11H8BrNO3/c1-5-2-6-8(3-7(5)12)13-11(16)10(15)4-9(6)14/h2-4,14H,1H3,(H,13,15,16). The van der Waals surface area contributed by atoms with Crippen LogP contribution >= 0.6 is 15.9 Å². The average molecular weight is 282 g/mol. The first-order valence-electron chi connectivity index (χ1n) is 4.55. The summed E-state index contributed by atoms with van der Waals surface area (Å²) < 4.78 is 0.800. The number of aromatic hydroxyl groups is 1. The lowest BCUT2D eigenvalue weighted by Crippen LogP contribution is -2.22. The van der Waals surface area contributed by atoms with Crippen molar-refractivity contribution in [2.24, 2.45) is 0 Å². The van der Waals surface area contributed by atoms with Crippen molar-refractivity contribution < 1.29 is 5.11 Å². The number of hydrogen-bond acceptors (Lipinski definition) is 3. The molecule has 0 aliphatic rings. The van der Waals surface area contributed by atoms with E-state index in [4.69, 9.17) is 0 Å². The first-order valence-corrected chi connectivity index (χ1v) is 5.35. The molecule has 0 radical (unpaired) electrons. The van der Waals surface area contributed by atoms with Gasteiger partial charge < -0.3 is 10.1 Å². The number of hydrogen-bond donors (Lipinski definition) is 2. The second kappa shape index (κ2) is 3.75. The van der Waals surface area contributed by atoms with E-state index in [1.54, 1.807) is 12.1 Å². The van der Waals surface area contributed by atoms with E-state index >= 15 is 0 Å². The van der Waals surface area contributed by atoms with E-state index in [-0.39, 0.29) is 5.75 Å². The minimum absolute atomic E-state index is 0.200. The molecule has 0 aliphatic heterocycles. The molecular formula is C11H8BrNO3. The number of nitrogens with one attached hydrogen (secondary N) is 1. The van der Waals surface area contributed by atoms with Crippen LogP contribution in [0.5, 0.6) is 5.75 Å². The molecule has 0 saturated carbocycles. The summed E-state index contributed by atoms with van der Waals surface area (Å²) in [5.74, 6) is -0.200. The molecule has 16 heavy (non-hydrogen) atoms. The number of benzene rings is 1. The van der Waals surface area contributed by atoms with Gasteiger partial charge in [0.05, 0.1) is 5.52 Å². The maximum absolute atomic E-state index is 11.3. The lowest BCUT2D eigenvalue weighted by atomic mass is 10.1. The van der Waals surface area contributed by atoms with Gasteiger partial charge in [-0.3, -0.25) is 9.59 Å². The second-order valence-electron chi connectivity index (χ2n) is 3.49. The van der Waals surface area contributed by atoms with Crippen molar-refractivity contribution in [2.75, 3.05) is 0 Å². The van der Waals surface area contributed by atoms with Crippen LogP contribution in [0.25, 0.3) is 10.9 Å². The van der Waals surface area contributed by atoms with Crippen molar-refractivity contribution in [1.82, 2.24) is 4.98 Å². The highest BCUT2D eigenvalue weighted by Gasteiger charge is 2.05. The molecule has 0 amide bonds. The molecule has 0 bridgehead atoms. The topological polar surface area (TPSA) is 70.2 Å². The number of aromatic amines is 1. The number of aryl methyl sites for hydroxylation is 1. The van der Waals surface area contributed by atoms with Gasteiger partial charge in [0.15, 0.2) is 0 Å². The van der Waals surface area contributed by atoms with Gasteiger partial charge in [0.25, 0.3) is 5.56 Å². The summed E-state index contributed by atoms with van der Waals surface area (Å²) in [7, 11) is 0. The molecule has 0 atom stereocenters. The Morgan fingerprint density at radius 3 is 2.62 bits per heavy atom. The monoisotopic (exact) mass is 281 g/mol. The Kier molecular flexibility index (Phi) is 2.55. The van der Waals surface area contributed by atoms with Gasteiger partial charge in [-0.2, -0.15) is 0 Å². The molecule has 0 aliphatic carbocycles. The zero-order valence-corrected chi connectivity index (χ0v) is 9.96. The lowest BCUT2D eigenvalue weighted by molar-refractivity contribution is 0.481. The molecule has 2 N–H and O–H groups in total. The van der Waals surface area contributed by atoms with E-state index in [0.717, 1.165) is 16.1 Å². The minimum atomic E-state index is -0.762. The van der Waals surface area contributed by atoms with E-state index in [9.17, 15) is 14.7 Å². The molecule has 5 heteroatoms. The van der Waals surface area contributed by atoms with Gasteiger partial charge in [-0.25, -0.2) is 0 Å². The van der Waals surface area contributed by atoms with E-state index in [0.29, 0.717) is 10.9 Å². The van der Waals surface area contributed by atoms with Crippen LogP contribution in [0.2, 0.25) is 0 Å². The molecule has 0 saturated heterocycles. The molecule has 82 valence electrons. The molecule has 0 spiro atoms. The number of halogens is 1. The summed E-state index contributed by atoms with van der Waals surface area (Å²) in [6, 6.07) is 4.28. The normalized spacial score (nSPS) is 10.6. The van der Waals surface area contributed by atoms with Crippen LogP contribution in [-0.4, -0.2) is 10.1 Å². The van der Waals surface area contributed by atoms with Crippen LogP contribution in [0.1, 0.15) is 5.56 Å². The maximum Gasteiger partial charge on any atom is 0.296 e. The molecule has 0 fully saturated rings. The summed E-state index contributed by atoms with van der Waals surface area (Å²) in [4.78, 5) is 24.9. The van der Waals surface area contributed by atoms with Crippen molar-refractivity contribution in [1.29, 1.82) is 0 Å². The molecule has 1 aromatic carbocycles. The second-order valence-corrected chi connectivity index (χ2v) is 4.35.